The molecule has 0 saturated carbocycles. The number of rotatable bonds is 5. The average molecular weight is 242 g/mol. The molecule has 1 amide bonds. The monoisotopic (exact) mass is 242 g/mol. The maximum atomic E-state index is 11.3. The molecule has 0 aromatic rings. The topological polar surface area (TPSA) is 59.9 Å². The molecule has 0 aromatic carbocycles. The van der Waals surface area contributed by atoms with E-state index in [4.69, 9.17) is 9.47 Å². The summed E-state index contributed by atoms with van der Waals surface area (Å²) in [4.78, 5) is 15.5. The summed E-state index contributed by atoms with van der Waals surface area (Å²) in [5.74, 6) is 0.849. The van der Waals surface area contributed by atoms with Crippen LogP contribution in [0.25, 0.3) is 0 Å². The van der Waals surface area contributed by atoms with E-state index in [0.29, 0.717) is 13.2 Å². The van der Waals surface area contributed by atoms with Crippen molar-refractivity contribution in [2.75, 3.05) is 19.7 Å². The van der Waals surface area contributed by atoms with E-state index >= 15 is 0 Å². The van der Waals surface area contributed by atoms with Crippen molar-refractivity contribution < 1.29 is 14.3 Å². The Bertz CT molecular complexity index is 282. The Morgan fingerprint density at radius 1 is 1.47 bits per heavy atom. The SMILES string of the molecule is CC(C)(C)OC(=O)NCCCCC1=NCCO1. The number of carbonyl (C=O) groups excluding carboxylic acids is 1. The molecule has 5 nitrogen and oxygen atoms in total. The van der Waals surface area contributed by atoms with Crippen LogP contribution in [0.4, 0.5) is 4.79 Å². The Hall–Kier alpha value is -1.26. The smallest absolute Gasteiger partial charge is 0.407 e. The number of unbranched alkanes of at least 4 members (excludes halogenated alkanes) is 1. The number of carbonyl (C=O) groups is 1. The molecule has 0 aliphatic carbocycles. The molecule has 0 saturated heterocycles. The van der Waals surface area contributed by atoms with Crippen LogP contribution in [-0.4, -0.2) is 37.3 Å². The van der Waals surface area contributed by atoms with Crippen LogP contribution in [0.5, 0.6) is 0 Å². The van der Waals surface area contributed by atoms with Gasteiger partial charge in [-0.25, -0.2) is 4.79 Å². The van der Waals surface area contributed by atoms with Gasteiger partial charge in [-0.3, -0.25) is 4.99 Å². The predicted octanol–water partition coefficient (Wildman–Crippen LogP) is 2.11. The van der Waals surface area contributed by atoms with E-state index in [0.717, 1.165) is 31.7 Å². The Morgan fingerprint density at radius 2 is 2.24 bits per heavy atom. The van der Waals surface area contributed by atoms with E-state index in [1.165, 1.54) is 0 Å². The molecule has 1 aliphatic heterocycles. The minimum absolute atomic E-state index is 0.355. The first-order chi connectivity index (χ1) is 7.97. The second-order valence-corrected chi connectivity index (χ2v) is 5.01. The highest BCUT2D eigenvalue weighted by atomic mass is 16.6. The number of hydrogen-bond acceptors (Lipinski definition) is 4. The lowest BCUT2D eigenvalue weighted by Gasteiger charge is -2.19. The standard InChI is InChI=1S/C12H22N2O3/c1-12(2,3)17-11(15)14-7-5-4-6-10-13-8-9-16-10/h4-9H2,1-3H3,(H,14,15). The van der Waals surface area contributed by atoms with E-state index < -0.39 is 5.60 Å². The van der Waals surface area contributed by atoms with Crippen molar-refractivity contribution in [1.82, 2.24) is 5.32 Å². The molecule has 1 aliphatic rings. The molecule has 0 aromatic heterocycles. The molecule has 1 N–H and O–H groups in total. The number of ether oxygens (including phenoxy) is 2. The molecule has 17 heavy (non-hydrogen) atoms. The van der Waals surface area contributed by atoms with Gasteiger partial charge in [0, 0.05) is 13.0 Å². The molecule has 0 bridgehead atoms. The number of aliphatic imine (C=N–C) groups is 1. The van der Waals surface area contributed by atoms with Crippen molar-refractivity contribution in [3.63, 3.8) is 0 Å². The highest BCUT2D eigenvalue weighted by molar-refractivity contribution is 5.77. The lowest BCUT2D eigenvalue weighted by atomic mass is 10.2. The zero-order valence-corrected chi connectivity index (χ0v) is 10.9. The first-order valence-electron chi connectivity index (χ1n) is 6.10. The molecule has 0 atom stereocenters. The number of hydrogen-bond donors (Lipinski definition) is 1. The summed E-state index contributed by atoms with van der Waals surface area (Å²) in [6.45, 7) is 7.67. The van der Waals surface area contributed by atoms with Gasteiger partial charge in [-0.15, -0.1) is 0 Å². The fourth-order valence-corrected chi connectivity index (χ4v) is 1.44. The Kier molecular flexibility index (Phi) is 5.25. The number of amides is 1. The molecule has 1 rings (SSSR count). The fraction of sp³-hybridized carbons (Fsp3) is 0.833. The van der Waals surface area contributed by atoms with E-state index in [1.54, 1.807) is 0 Å². The highest BCUT2D eigenvalue weighted by Crippen LogP contribution is 2.07. The van der Waals surface area contributed by atoms with Crippen molar-refractivity contribution in [2.45, 2.75) is 45.6 Å². The van der Waals surface area contributed by atoms with Gasteiger partial charge in [-0.2, -0.15) is 0 Å². The quantitative estimate of drug-likeness (QED) is 0.751. The first kappa shape index (κ1) is 13.8. The van der Waals surface area contributed by atoms with Crippen molar-refractivity contribution >= 4 is 12.0 Å². The zero-order chi connectivity index (χ0) is 12.7. The number of alkyl carbamates (subject to hydrolysis) is 1. The fourth-order valence-electron chi connectivity index (χ4n) is 1.44. The minimum atomic E-state index is -0.434. The van der Waals surface area contributed by atoms with E-state index in [9.17, 15) is 4.79 Å². The van der Waals surface area contributed by atoms with Crippen molar-refractivity contribution in [3.8, 4) is 0 Å². The second-order valence-electron chi connectivity index (χ2n) is 5.01. The van der Waals surface area contributed by atoms with Crippen LogP contribution in [0, 0.1) is 0 Å². The van der Waals surface area contributed by atoms with Crippen LogP contribution in [-0.2, 0) is 9.47 Å². The third-order valence-corrected chi connectivity index (χ3v) is 2.13. The van der Waals surface area contributed by atoms with Gasteiger partial charge < -0.3 is 14.8 Å². The van der Waals surface area contributed by atoms with Gasteiger partial charge in [0.15, 0.2) is 5.90 Å². The summed E-state index contributed by atoms with van der Waals surface area (Å²) in [5, 5.41) is 2.72. The van der Waals surface area contributed by atoms with E-state index in [1.807, 2.05) is 20.8 Å². The molecule has 0 fully saturated rings. The van der Waals surface area contributed by atoms with Crippen molar-refractivity contribution in [1.29, 1.82) is 0 Å². The summed E-state index contributed by atoms with van der Waals surface area (Å²) < 4.78 is 10.4. The van der Waals surface area contributed by atoms with Crippen LogP contribution < -0.4 is 5.32 Å². The van der Waals surface area contributed by atoms with Crippen LogP contribution in [0.3, 0.4) is 0 Å². The molecule has 1 heterocycles. The molecular weight excluding hydrogens is 220 g/mol. The Morgan fingerprint density at radius 3 is 2.82 bits per heavy atom. The number of nitrogens with one attached hydrogen (secondary N) is 1. The van der Waals surface area contributed by atoms with Gasteiger partial charge in [-0.05, 0) is 33.6 Å². The van der Waals surface area contributed by atoms with Gasteiger partial charge in [0.2, 0.25) is 0 Å². The lowest BCUT2D eigenvalue weighted by molar-refractivity contribution is 0.0527. The summed E-state index contributed by atoms with van der Waals surface area (Å²) in [6, 6.07) is 0. The molecule has 98 valence electrons. The largest absolute Gasteiger partial charge is 0.479 e. The van der Waals surface area contributed by atoms with Crippen molar-refractivity contribution in [2.24, 2.45) is 4.99 Å². The van der Waals surface area contributed by atoms with Crippen LogP contribution in [0.2, 0.25) is 0 Å². The maximum Gasteiger partial charge on any atom is 0.407 e. The van der Waals surface area contributed by atoms with Gasteiger partial charge in [-0.1, -0.05) is 0 Å². The summed E-state index contributed by atoms with van der Waals surface area (Å²) >= 11 is 0. The highest BCUT2D eigenvalue weighted by Gasteiger charge is 2.15. The molecule has 5 heteroatoms. The maximum absolute atomic E-state index is 11.3. The molecule has 0 unspecified atom stereocenters. The summed E-state index contributed by atoms with van der Waals surface area (Å²) in [6.07, 6.45) is 2.37. The Labute approximate surface area is 103 Å². The second kappa shape index (κ2) is 6.47. The third-order valence-electron chi connectivity index (χ3n) is 2.13. The van der Waals surface area contributed by atoms with Gasteiger partial charge in [0.1, 0.15) is 12.2 Å². The van der Waals surface area contributed by atoms with E-state index in [2.05, 4.69) is 10.3 Å². The van der Waals surface area contributed by atoms with E-state index in [-0.39, 0.29) is 6.09 Å². The summed E-state index contributed by atoms with van der Waals surface area (Å²) in [7, 11) is 0. The average Bonchev–Trinajstić information content (AvgIpc) is 2.67. The first-order valence-corrected chi connectivity index (χ1v) is 6.10. The molecular formula is C12H22N2O3. The normalized spacial score (nSPS) is 15.1. The van der Waals surface area contributed by atoms with Crippen LogP contribution in [0.15, 0.2) is 4.99 Å². The zero-order valence-electron chi connectivity index (χ0n) is 10.9. The predicted molar refractivity (Wildman–Crippen MR) is 66.3 cm³/mol. The molecule has 0 spiro atoms. The van der Waals surface area contributed by atoms with Crippen LogP contribution >= 0.6 is 0 Å². The lowest BCUT2D eigenvalue weighted by Crippen LogP contribution is -2.33. The van der Waals surface area contributed by atoms with Gasteiger partial charge in [0.05, 0.1) is 6.54 Å². The third kappa shape index (κ3) is 6.81. The van der Waals surface area contributed by atoms with Crippen LogP contribution in [0.1, 0.15) is 40.0 Å². The minimum Gasteiger partial charge on any atom is -0.479 e. The summed E-state index contributed by atoms with van der Waals surface area (Å²) in [5.41, 5.74) is -0.434. The molecule has 0 radical (unpaired) electrons. The number of nitrogens with zero attached hydrogens (tertiary/aromatic N) is 1. The van der Waals surface area contributed by atoms with Crippen molar-refractivity contribution in [3.05, 3.63) is 0 Å². The van der Waals surface area contributed by atoms with Gasteiger partial charge in [0.25, 0.3) is 0 Å². The Balaban J connectivity index is 1.98. The van der Waals surface area contributed by atoms with Gasteiger partial charge >= 0.3 is 6.09 Å².